The van der Waals surface area contributed by atoms with Gasteiger partial charge in [-0.3, -0.25) is 0 Å². The maximum absolute atomic E-state index is 7.50. The van der Waals surface area contributed by atoms with Gasteiger partial charge in [-0.25, -0.2) is 0 Å². The van der Waals surface area contributed by atoms with Crippen LogP contribution in [0.5, 0.6) is 0 Å². The Hall–Kier alpha value is 0.187. The molecule has 1 rings (SSSR count). The molecule has 0 bridgehead atoms. The SMILES string of the molecule is [C-]#[O+].[C-]#[O+].[C-]#[O+].[CH3][Sn]([CH3])[CH3].[CH]1C=CC=CCC1.[Mo]. The van der Waals surface area contributed by atoms with Crippen LogP contribution in [0.2, 0.25) is 14.8 Å². The largest absolute Gasteiger partial charge is 0.0845 e. The molecule has 0 aromatic rings. The van der Waals surface area contributed by atoms with E-state index in [0.717, 1.165) is 0 Å². The van der Waals surface area contributed by atoms with E-state index in [2.05, 4.69) is 65.5 Å². The molecule has 0 aliphatic heterocycles. The van der Waals surface area contributed by atoms with Crippen LogP contribution in [0, 0.1) is 26.4 Å². The minimum Gasteiger partial charge on any atom is -0.0845 e. The summed E-state index contributed by atoms with van der Waals surface area (Å²) in [5, 5.41) is 0. The van der Waals surface area contributed by atoms with Gasteiger partial charge in [0.1, 0.15) is 0 Å². The predicted octanol–water partition coefficient (Wildman–Crippen LogP) is 3.35. The molecule has 0 aromatic carbocycles. The zero-order valence-electron chi connectivity index (χ0n) is 10.9. The summed E-state index contributed by atoms with van der Waals surface area (Å²) in [6.45, 7) is 13.5. The Bertz CT molecular complexity index is 201. The van der Waals surface area contributed by atoms with Crippen molar-refractivity contribution in [3.63, 3.8) is 0 Å². The van der Waals surface area contributed by atoms with E-state index in [1.165, 1.54) is 12.8 Å². The third-order valence-electron chi connectivity index (χ3n) is 0.994. The smallest absolute Gasteiger partial charge is 0 e. The molecule has 1 aliphatic rings. The van der Waals surface area contributed by atoms with Gasteiger partial charge in [0.15, 0.2) is 0 Å². The first-order valence-corrected chi connectivity index (χ1v) is 13.3. The Kier molecular flexibility index (Phi) is 74.5. The van der Waals surface area contributed by atoms with Crippen molar-refractivity contribution in [1.82, 2.24) is 0 Å². The molecule has 0 unspecified atom stereocenters. The summed E-state index contributed by atoms with van der Waals surface area (Å²) in [6.07, 6.45) is 13.0. The van der Waals surface area contributed by atoms with Gasteiger partial charge >= 0.3 is 68.5 Å². The van der Waals surface area contributed by atoms with Gasteiger partial charge in [-0.1, -0.05) is 24.3 Å². The van der Waals surface area contributed by atoms with E-state index < -0.39 is 19.8 Å². The summed E-state index contributed by atoms with van der Waals surface area (Å²) in [5.41, 5.74) is 0. The monoisotopic (exact) mass is 440 g/mol. The van der Waals surface area contributed by atoms with E-state index >= 15 is 0 Å². The molecular formula is C13H18MoO3Sn. The zero-order valence-corrected chi connectivity index (χ0v) is 15.8. The van der Waals surface area contributed by atoms with E-state index in [4.69, 9.17) is 14.0 Å². The van der Waals surface area contributed by atoms with Gasteiger partial charge in [-0.15, -0.1) is 0 Å². The van der Waals surface area contributed by atoms with Crippen LogP contribution in [0.15, 0.2) is 24.3 Å². The van der Waals surface area contributed by atoms with Crippen molar-refractivity contribution in [2.45, 2.75) is 27.7 Å². The topological polar surface area (TPSA) is 59.7 Å². The summed E-state index contributed by atoms with van der Waals surface area (Å²) in [7, 11) is 0. The van der Waals surface area contributed by atoms with Gasteiger partial charge in [-0.2, -0.15) is 0 Å². The Balaban J connectivity index is -0.0000000450. The molecule has 0 saturated carbocycles. The van der Waals surface area contributed by atoms with Crippen molar-refractivity contribution in [3.8, 4) is 0 Å². The molecule has 2 radical (unpaired) electrons. The maximum atomic E-state index is 7.50. The van der Waals surface area contributed by atoms with E-state index in [-0.39, 0.29) is 21.1 Å². The molecule has 0 heterocycles. The van der Waals surface area contributed by atoms with Gasteiger partial charge in [0, 0.05) is 21.1 Å². The molecule has 0 aromatic heterocycles. The standard InChI is InChI=1S/C7H9.3CO.3CH3.Mo.Sn/c1-2-4-6-7-5-3-1;3*1-2;;;;;/h1-5H,6-7H2;;;;3*1H3;;. The molecule has 3 nitrogen and oxygen atoms in total. The molecular weight excluding hydrogens is 419 g/mol. The van der Waals surface area contributed by atoms with Crippen molar-refractivity contribution in [1.29, 1.82) is 0 Å². The molecule has 0 N–H and O–H groups in total. The van der Waals surface area contributed by atoms with Crippen molar-refractivity contribution in [2.75, 3.05) is 0 Å². The van der Waals surface area contributed by atoms with Crippen molar-refractivity contribution < 1.29 is 35.0 Å². The molecule has 0 amide bonds. The number of allylic oxidation sites excluding steroid dienone is 4. The van der Waals surface area contributed by atoms with Crippen molar-refractivity contribution >= 4 is 19.8 Å². The van der Waals surface area contributed by atoms with Crippen LogP contribution in [-0.4, -0.2) is 19.8 Å². The second-order valence-corrected chi connectivity index (χ2v) is 11.7. The zero-order chi connectivity index (χ0) is 14.5. The fourth-order valence-corrected chi connectivity index (χ4v) is 0.606. The maximum Gasteiger partial charge on any atom is 0 e. The van der Waals surface area contributed by atoms with Gasteiger partial charge in [0.05, 0.1) is 0 Å². The number of rotatable bonds is 0. The van der Waals surface area contributed by atoms with Gasteiger partial charge in [0.25, 0.3) is 0 Å². The second-order valence-electron chi connectivity index (χ2n) is 3.13. The van der Waals surface area contributed by atoms with Gasteiger partial charge < -0.3 is 0 Å². The van der Waals surface area contributed by atoms with Gasteiger partial charge in [0.2, 0.25) is 0 Å². The quantitative estimate of drug-likeness (QED) is 0.317. The second kappa shape index (κ2) is 43.4. The summed E-state index contributed by atoms with van der Waals surface area (Å²) < 4.78 is 22.5. The third-order valence-corrected chi connectivity index (χ3v) is 0.994. The normalized spacial score (nSPS) is 9.89. The Morgan fingerprint density at radius 3 is 1.56 bits per heavy atom. The fourth-order valence-electron chi connectivity index (χ4n) is 0.606. The molecule has 5 heteroatoms. The molecule has 0 saturated heterocycles. The number of hydrogen-bond acceptors (Lipinski definition) is 0. The number of hydrogen-bond donors (Lipinski definition) is 0. The average Bonchev–Trinajstić information content (AvgIpc) is 2.68. The summed E-state index contributed by atoms with van der Waals surface area (Å²) in [6, 6.07) is 0. The van der Waals surface area contributed by atoms with E-state index in [9.17, 15) is 0 Å². The molecule has 98 valence electrons. The average molecular weight is 437 g/mol. The van der Waals surface area contributed by atoms with Crippen LogP contribution in [0.1, 0.15) is 12.8 Å². The minimum atomic E-state index is -0.543. The molecule has 0 spiro atoms. The van der Waals surface area contributed by atoms with E-state index in [1.54, 1.807) is 0 Å². The predicted molar refractivity (Wildman–Crippen MR) is 66.9 cm³/mol. The molecule has 0 fully saturated rings. The first-order chi connectivity index (χ1) is 8.23. The van der Waals surface area contributed by atoms with Crippen LogP contribution < -0.4 is 0 Å². The fraction of sp³-hybridized carbons (Fsp3) is 0.385. The minimum absolute atomic E-state index is 0. The molecule has 1 aliphatic carbocycles. The van der Waals surface area contributed by atoms with Crippen LogP contribution in [0.25, 0.3) is 0 Å². The summed E-state index contributed by atoms with van der Waals surface area (Å²) in [5.74, 6) is 0. The van der Waals surface area contributed by atoms with Crippen LogP contribution in [-0.2, 0) is 35.0 Å². The van der Waals surface area contributed by atoms with Crippen LogP contribution in [0.4, 0.5) is 0 Å². The molecule has 18 heavy (non-hydrogen) atoms. The third kappa shape index (κ3) is 72.3. The Labute approximate surface area is 132 Å². The Morgan fingerprint density at radius 2 is 1.17 bits per heavy atom. The van der Waals surface area contributed by atoms with Gasteiger partial charge in [-0.05, 0) is 19.3 Å². The van der Waals surface area contributed by atoms with E-state index in [1.807, 2.05) is 0 Å². The first-order valence-electron chi connectivity index (χ1n) is 4.76. The van der Waals surface area contributed by atoms with E-state index in [0.29, 0.717) is 0 Å². The van der Waals surface area contributed by atoms with Crippen molar-refractivity contribution in [2.24, 2.45) is 0 Å². The van der Waals surface area contributed by atoms with Crippen molar-refractivity contribution in [3.05, 3.63) is 50.7 Å². The molecule has 0 atom stereocenters. The first kappa shape index (κ1) is 30.9. The summed E-state index contributed by atoms with van der Waals surface area (Å²) in [4.78, 5) is 7.09. The van der Waals surface area contributed by atoms with Crippen LogP contribution >= 0.6 is 0 Å². The van der Waals surface area contributed by atoms with Crippen LogP contribution in [0.3, 0.4) is 0 Å². The summed E-state index contributed by atoms with van der Waals surface area (Å²) >= 11 is -0.543. The Morgan fingerprint density at radius 1 is 0.778 bits per heavy atom.